The maximum atomic E-state index is 11.6. The third-order valence-electron chi connectivity index (χ3n) is 6.43. The van der Waals surface area contributed by atoms with Gasteiger partial charge in [0, 0.05) is 33.1 Å². The molecule has 0 spiro atoms. The molecule has 2 aliphatic rings. The van der Waals surface area contributed by atoms with E-state index < -0.39 is 0 Å². The zero-order chi connectivity index (χ0) is 14.7. The maximum absolute atomic E-state index is 11.6. The first-order chi connectivity index (χ1) is 8.46. The summed E-state index contributed by atoms with van der Waals surface area (Å²) in [4.78, 5) is 15.3. The van der Waals surface area contributed by atoms with Crippen LogP contribution in [-0.4, -0.2) is 22.7 Å². The minimum absolute atomic E-state index is 0.0151. The molecule has 3 atom stereocenters. The fourth-order valence-electron chi connectivity index (χ4n) is 4.29. The quantitative estimate of drug-likeness (QED) is 0.740. The van der Waals surface area contributed by atoms with Gasteiger partial charge in [0.25, 0.3) is 0 Å². The van der Waals surface area contributed by atoms with Gasteiger partial charge in [0.15, 0.2) is 11.3 Å². The molecule has 0 saturated heterocycles. The van der Waals surface area contributed by atoms with Gasteiger partial charge in [-0.15, -0.1) is 0 Å². The first-order valence-corrected chi connectivity index (χ1v) is 7.37. The SMILES string of the molecule is CC(=O)N[C@@]1(C)CC[C@]2(C)C[C@@]1(C)C(C)=[NH+]C2(C)C. The summed E-state index contributed by atoms with van der Waals surface area (Å²) in [6.45, 7) is 15.3. The highest BCUT2D eigenvalue weighted by molar-refractivity contribution is 5.86. The van der Waals surface area contributed by atoms with Crippen molar-refractivity contribution >= 4 is 11.6 Å². The van der Waals surface area contributed by atoms with E-state index in [1.54, 1.807) is 6.92 Å². The molecule has 3 nitrogen and oxygen atoms in total. The van der Waals surface area contributed by atoms with Crippen molar-refractivity contribution < 1.29 is 9.79 Å². The van der Waals surface area contributed by atoms with E-state index in [0.717, 1.165) is 19.3 Å². The lowest BCUT2D eigenvalue weighted by Crippen LogP contribution is -2.95. The number of fused-ring (bicyclic) bond motifs is 2. The second kappa shape index (κ2) is 3.83. The summed E-state index contributed by atoms with van der Waals surface area (Å²) in [6, 6.07) is 0. The molecule has 1 fully saturated rings. The predicted octanol–water partition coefficient (Wildman–Crippen LogP) is 1.41. The van der Waals surface area contributed by atoms with Gasteiger partial charge in [-0.2, -0.15) is 0 Å². The fraction of sp³-hybridized carbons (Fsp3) is 0.875. The predicted molar refractivity (Wildman–Crippen MR) is 78.0 cm³/mol. The number of rotatable bonds is 1. The van der Waals surface area contributed by atoms with Gasteiger partial charge in [-0.3, -0.25) is 4.79 Å². The molecule has 1 amide bonds. The lowest BCUT2D eigenvalue weighted by molar-refractivity contribution is -0.584. The van der Waals surface area contributed by atoms with Crippen LogP contribution in [0.25, 0.3) is 0 Å². The van der Waals surface area contributed by atoms with Crippen molar-refractivity contribution in [3.8, 4) is 0 Å². The molecule has 0 aromatic heterocycles. The molecule has 2 rings (SSSR count). The Kier molecular flexibility index (Phi) is 2.93. The summed E-state index contributed by atoms with van der Waals surface area (Å²) in [5.41, 5.74) is 1.58. The number of nitrogens with one attached hydrogen (secondary N) is 2. The molecule has 1 aliphatic heterocycles. The van der Waals surface area contributed by atoms with E-state index in [0.29, 0.717) is 0 Å². The molecule has 0 aromatic carbocycles. The Balaban J connectivity index is 2.52. The zero-order valence-electron chi connectivity index (χ0n) is 13.5. The number of hydrogen-bond donors (Lipinski definition) is 2. The van der Waals surface area contributed by atoms with Crippen molar-refractivity contribution in [1.29, 1.82) is 0 Å². The Bertz CT molecular complexity index is 454. The summed E-state index contributed by atoms with van der Waals surface area (Å²) in [6.07, 6.45) is 3.32. The molecule has 0 aromatic rings. The van der Waals surface area contributed by atoms with Crippen LogP contribution in [0.3, 0.4) is 0 Å². The minimum Gasteiger partial charge on any atom is -0.350 e. The lowest BCUT2D eigenvalue weighted by Gasteiger charge is -2.59. The van der Waals surface area contributed by atoms with Gasteiger partial charge in [-0.25, -0.2) is 4.99 Å². The normalized spacial score (nSPS) is 44.5. The van der Waals surface area contributed by atoms with Gasteiger partial charge in [-0.1, -0.05) is 6.92 Å². The fourth-order valence-corrected chi connectivity index (χ4v) is 4.29. The first kappa shape index (κ1) is 14.5. The molecule has 1 aliphatic carbocycles. The molecule has 0 unspecified atom stereocenters. The van der Waals surface area contributed by atoms with Gasteiger partial charge >= 0.3 is 0 Å². The monoisotopic (exact) mass is 265 g/mol. The summed E-state index contributed by atoms with van der Waals surface area (Å²) in [5.74, 6) is 0.0740. The number of hydrogen-bond acceptors (Lipinski definition) is 1. The van der Waals surface area contributed by atoms with Gasteiger partial charge in [0.05, 0.1) is 11.0 Å². The van der Waals surface area contributed by atoms with E-state index in [9.17, 15) is 4.79 Å². The second-order valence-electron chi connectivity index (χ2n) is 7.96. The third-order valence-corrected chi connectivity index (χ3v) is 6.43. The van der Waals surface area contributed by atoms with Crippen LogP contribution in [0.4, 0.5) is 0 Å². The topological polar surface area (TPSA) is 43.1 Å². The molecule has 19 heavy (non-hydrogen) atoms. The summed E-state index contributed by atoms with van der Waals surface area (Å²) < 4.78 is 0. The highest BCUT2D eigenvalue weighted by Crippen LogP contribution is 2.56. The van der Waals surface area contributed by atoms with Crippen molar-refractivity contribution in [2.75, 3.05) is 0 Å². The van der Waals surface area contributed by atoms with Crippen molar-refractivity contribution in [2.45, 2.75) is 78.8 Å². The average Bonchev–Trinajstić information content (AvgIpc) is 2.21. The maximum Gasteiger partial charge on any atom is 0.217 e. The van der Waals surface area contributed by atoms with E-state index >= 15 is 0 Å². The van der Waals surface area contributed by atoms with Crippen LogP contribution in [-0.2, 0) is 4.79 Å². The van der Waals surface area contributed by atoms with Crippen LogP contribution in [0.1, 0.15) is 67.7 Å². The molecule has 0 radical (unpaired) electrons. The van der Waals surface area contributed by atoms with Crippen LogP contribution >= 0.6 is 0 Å². The second-order valence-corrected chi connectivity index (χ2v) is 7.96. The number of carbonyl (C=O) groups excluding carboxylic acids is 1. The van der Waals surface area contributed by atoms with Crippen LogP contribution in [0.2, 0.25) is 0 Å². The Hall–Kier alpha value is -0.860. The van der Waals surface area contributed by atoms with E-state index in [4.69, 9.17) is 0 Å². The first-order valence-electron chi connectivity index (χ1n) is 7.37. The van der Waals surface area contributed by atoms with Crippen LogP contribution in [0.5, 0.6) is 0 Å². The number of amides is 1. The van der Waals surface area contributed by atoms with Gasteiger partial charge in [0.2, 0.25) is 5.91 Å². The largest absolute Gasteiger partial charge is 0.350 e. The third kappa shape index (κ3) is 1.85. The molecule has 2 N–H and O–H groups in total. The molecular weight excluding hydrogens is 236 g/mol. The van der Waals surface area contributed by atoms with E-state index in [1.807, 2.05) is 0 Å². The Morgan fingerprint density at radius 1 is 1.16 bits per heavy atom. The molecule has 108 valence electrons. The number of carbonyl (C=O) groups is 1. The molecular formula is C16H29N2O+. The van der Waals surface area contributed by atoms with Crippen molar-refractivity contribution in [3.05, 3.63) is 0 Å². The average molecular weight is 265 g/mol. The summed E-state index contributed by atoms with van der Waals surface area (Å²) >= 11 is 0. The lowest BCUT2D eigenvalue weighted by atomic mass is 9.48. The highest BCUT2D eigenvalue weighted by Gasteiger charge is 2.64. The minimum atomic E-state index is -0.147. The van der Waals surface area contributed by atoms with Gasteiger partial charge < -0.3 is 5.32 Å². The molecule has 1 heterocycles. The van der Waals surface area contributed by atoms with Crippen LogP contribution < -0.4 is 10.3 Å². The van der Waals surface area contributed by atoms with Gasteiger partial charge in [-0.05, 0) is 33.1 Å². The smallest absolute Gasteiger partial charge is 0.217 e. The van der Waals surface area contributed by atoms with E-state index in [2.05, 4.69) is 51.9 Å². The van der Waals surface area contributed by atoms with Crippen LogP contribution in [0.15, 0.2) is 0 Å². The van der Waals surface area contributed by atoms with Crippen molar-refractivity contribution in [1.82, 2.24) is 5.32 Å². The van der Waals surface area contributed by atoms with Crippen LogP contribution in [0, 0.1) is 10.8 Å². The molecule has 1 saturated carbocycles. The zero-order valence-corrected chi connectivity index (χ0v) is 13.5. The van der Waals surface area contributed by atoms with E-state index in [1.165, 1.54) is 5.71 Å². The van der Waals surface area contributed by atoms with Crippen molar-refractivity contribution in [2.24, 2.45) is 10.8 Å². The van der Waals surface area contributed by atoms with Gasteiger partial charge in [0.1, 0.15) is 0 Å². The van der Waals surface area contributed by atoms with E-state index in [-0.39, 0.29) is 27.8 Å². The standard InChI is InChI=1S/C16H28N2O/c1-11-15(6)10-14(5,13(3,4)17-11)8-9-16(15,7)18-12(2)19/h8-10H2,1-7H3,(H,18,19)/p+1/t14-,15+,16+/m1/s1. The highest BCUT2D eigenvalue weighted by atomic mass is 16.1. The Morgan fingerprint density at radius 2 is 1.74 bits per heavy atom. The summed E-state index contributed by atoms with van der Waals surface area (Å²) in [5, 5.41) is 3.23. The van der Waals surface area contributed by atoms with Crippen molar-refractivity contribution in [3.63, 3.8) is 0 Å². The Morgan fingerprint density at radius 3 is 2.26 bits per heavy atom. The molecule has 3 heteroatoms. The summed E-state index contributed by atoms with van der Waals surface area (Å²) in [7, 11) is 0. The Labute approximate surface area is 117 Å². The molecule has 2 bridgehead atoms.